The van der Waals surface area contributed by atoms with Gasteiger partial charge < -0.3 is 14.8 Å². The van der Waals surface area contributed by atoms with Gasteiger partial charge in [-0.1, -0.05) is 13.8 Å². The van der Waals surface area contributed by atoms with Crippen molar-refractivity contribution in [2.24, 2.45) is 11.8 Å². The Morgan fingerprint density at radius 2 is 1.88 bits per heavy atom. The largest absolute Gasteiger partial charge is 0.480 e. The van der Waals surface area contributed by atoms with Gasteiger partial charge in [0.05, 0.1) is 5.52 Å². The molecule has 0 spiro atoms. The maximum atomic E-state index is 13.7. The molecule has 1 aliphatic rings. The minimum atomic E-state index is -1.06. The van der Waals surface area contributed by atoms with Gasteiger partial charge in [0.1, 0.15) is 18.4 Å². The molecule has 0 bridgehead atoms. The fourth-order valence-corrected chi connectivity index (χ4v) is 4.20. The number of hydrogen-bond donors (Lipinski definition) is 2. The first-order valence-corrected chi connectivity index (χ1v) is 8.73. The predicted molar refractivity (Wildman–Crippen MR) is 94.4 cm³/mol. The number of piperidine rings is 1. The molecule has 1 aliphatic heterocycles. The van der Waals surface area contributed by atoms with E-state index in [1.807, 2.05) is 4.90 Å². The Bertz CT molecular complexity index is 837. The fourth-order valence-electron chi connectivity index (χ4n) is 4.20. The van der Waals surface area contributed by atoms with Crippen LogP contribution in [0.15, 0.2) is 24.4 Å². The second-order valence-electron chi connectivity index (χ2n) is 7.41. The normalized spacial score (nSPS) is 22.4. The minimum Gasteiger partial charge on any atom is -0.480 e. The van der Waals surface area contributed by atoms with E-state index >= 15 is 0 Å². The van der Waals surface area contributed by atoms with Gasteiger partial charge in [0.15, 0.2) is 0 Å². The molecule has 3 rings (SSSR count). The highest BCUT2D eigenvalue weighted by Gasteiger charge is 2.34. The Balaban J connectivity index is 2.11. The van der Waals surface area contributed by atoms with Crippen LogP contribution in [0.25, 0.3) is 10.9 Å². The molecule has 2 N–H and O–H groups in total. The van der Waals surface area contributed by atoms with Crippen molar-refractivity contribution >= 4 is 22.8 Å². The summed E-state index contributed by atoms with van der Waals surface area (Å²) in [6.45, 7) is 5.18. The van der Waals surface area contributed by atoms with E-state index in [1.54, 1.807) is 6.20 Å². The van der Waals surface area contributed by atoms with Gasteiger partial charge in [-0.15, -0.1) is 0 Å². The Hall–Kier alpha value is -2.41. The van der Waals surface area contributed by atoms with Crippen molar-refractivity contribution in [3.05, 3.63) is 35.8 Å². The average molecular weight is 362 g/mol. The van der Waals surface area contributed by atoms with Crippen molar-refractivity contribution in [2.75, 3.05) is 13.1 Å². The quantitative estimate of drug-likeness (QED) is 0.854. The number of halogens is 1. The van der Waals surface area contributed by atoms with E-state index in [2.05, 4.69) is 13.8 Å². The zero-order chi connectivity index (χ0) is 19.0. The third kappa shape index (κ3) is 3.58. The molecule has 1 aromatic heterocycles. The lowest BCUT2D eigenvalue weighted by Gasteiger charge is -2.38. The Morgan fingerprint density at radius 1 is 1.23 bits per heavy atom. The van der Waals surface area contributed by atoms with Crippen LogP contribution < -0.4 is 0 Å². The molecular formula is C19H23FN2O4. The van der Waals surface area contributed by atoms with E-state index in [1.165, 1.54) is 22.8 Å². The summed E-state index contributed by atoms with van der Waals surface area (Å²) >= 11 is 0. The van der Waals surface area contributed by atoms with Gasteiger partial charge in [0.2, 0.25) is 0 Å². The van der Waals surface area contributed by atoms with Crippen LogP contribution in [0.1, 0.15) is 31.9 Å². The molecule has 0 aliphatic carbocycles. The van der Waals surface area contributed by atoms with Crippen LogP contribution in [-0.4, -0.2) is 44.7 Å². The van der Waals surface area contributed by atoms with Crippen molar-refractivity contribution in [1.82, 2.24) is 9.47 Å². The molecule has 3 atom stereocenters. The second-order valence-corrected chi connectivity index (χ2v) is 7.41. The van der Waals surface area contributed by atoms with E-state index in [9.17, 15) is 19.1 Å². The predicted octanol–water partition coefficient (Wildman–Crippen LogP) is 2.97. The summed E-state index contributed by atoms with van der Waals surface area (Å²) in [5, 5.41) is 19.6. The lowest BCUT2D eigenvalue weighted by molar-refractivity contribution is -0.144. The Kier molecular flexibility index (Phi) is 5.00. The summed E-state index contributed by atoms with van der Waals surface area (Å²) < 4.78 is 15.1. The molecule has 140 valence electrons. The zero-order valence-corrected chi connectivity index (χ0v) is 14.9. The molecule has 0 amide bonds. The van der Waals surface area contributed by atoms with Crippen LogP contribution in [0.5, 0.6) is 0 Å². The SMILES string of the molecule is C[C@@H]1C[C@H](C)CN(C(C(=O)O)c2cn(CC(=O)O)c3cc(F)ccc23)C1. The number of nitrogens with zero attached hydrogens (tertiary/aromatic N) is 2. The highest BCUT2D eigenvalue weighted by Crippen LogP contribution is 2.34. The highest BCUT2D eigenvalue weighted by molar-refractivity contribution is 5.90. The molecular weight excluding hydrogens is 339 g/mol. The van der Waals surface area contributed by atoms with Crippen LogP contribution in [0, 0.1) is 17.7 Å². The number of benzene rings is 1. The van der Waals surface area contributed by atoms with Crippen LogP contribution in [-0.2, 0) is 16.1 Å². The maximum Gasteiger partial charge on any atom is 0.325 e. The van der Waals surface area contributed by atoms with Gasteiger partial charge in [0, 0.05) is 30.2 Å². The monoisotopic (exact) mass is 362 g/mol. The van der Waals surface area contributed by atoms with Gasteiger partial charge >= 0.3 is 11.9 Å². The van der Waals surface area contributed by atoms with Crippen LogP contribution in [0.4, 0.5) is 4.39 Å². The first-order valence-electron chi connectivity index (χ1n) is 8.73. The van der Waals surface area contributed by atoms with Crippen molar-refractivity contribution in [2.45, 2.75) is 32.9 Å². The van der Waals surface area contributed by atoms with E-state index in [-0.39, 0.29) is 6.54 Å². The molecule has 1 aromatic carbocycles. The Labute approximate surface area is 150 Å². The summed E-state index contributed by atoms with van der Waals surface area (Å²) in [6, 6.07) is 3.17. The van der Waals surface area contributed by atoms with Gasteiger partial charge in [-0.05, 0) is 36.5 Å². The molecule has 1 fully saturated rings. The molecule has 1 saturated heterocycles. The zero-order valence-electron chi connectivity index (χ0n) is 14.9. The highest BCUT2D eigenvalue weighted by atomic mass is 19.1. The molecule has 7 heteroatoms. The average Bonchev–Trinajstić information content (AvgIpc) is 2.83. The summed E-state index contributed by atoms with van der Waals surface area (Å²) in [5.74, 6) is -1.77. The summed E-state index contributed by atoms with van der Waals surface area (Å²) in [7, 11) is 0. The molecule has 0 saturated carbocycles. The minimum absolute atomic E-state index is 0.348. The molecule has 26 heavy (non-hydrogen) atoms. The first-order chi connectivity index (χ1) is 12.3. The standard InChI is InChI=1S/C19H23FN2O4/c1-11-5-12(2)8-22(7-11)18(19(25)26)15-9-21(10-17(23)24)16-6-13(20)3-4-14(15)16/h3-4,6,9,11-12,18H,5,7-8,10H2,1-2H3,(H,23,24)(H,25,26)/t11-,12+,18?. The van der Waals surface area contributed by atoms with Crippen LogP contribution in [0.2, 0.25) is 0 Å². The first kappa shape index (κ1) is 18.4. The number of fused-ring (bicyclic) bond motifs is 1. The van der Waals surface area contributed by atoms with Crippen molar-refractivity contribution in [1.29, 1.82) is 0 Å². The van der Waals surface area contributed by atoms with Crippen molar-refractivity contribution in [3.63, 3.8) is 0 Å². The topological polar surface area (TPSA) is 82.8 Å². The lowest BCUT2D eigenvalue weighted by atomic mass is 9.89. The number of carbonyl (C=O) groups is 2. The maximum absolute atomic E-state index is 13.7. The van der Waals surface area contributed by atoms with Crippen molar-refractivity contribution < 1.29 is 24.2 Å². The molecule has 6 nitrogen and oxygen atoms in total. The molecule has 1 unspecified atom stereocenters. The summed E-state index contributed by atoms with van der Waals surface area (Å²) in [6.07, 6.45) is 2.59. The lowest BCUT2D eigenvalue weighted by Crippen LogP contribution is -2.43. The molecule has 2 aromatic rings. The third-order valence-corrected chi connectivity index (χ3v) is 4.97. The van der Waals surface area contributed by atoms with E-state index in [0.29, 0.717) is 41.4 Å². The third-order valence-electron chi connectivity index (χ3n) is 4.97. The number of aromatic nitrogens is 1. The molecule has 0 radical (unpaired) electrons. The molecule has 2 heterocycles. The number of likely N-dealkylation sites (tertiary alicyclic amines) is 1. The van der Waals surface area contributed by atoms with Gasteiger partial charge in [-0.3, -0.25) is 14.5 Å². The number of carboxylic acid groups (broad SMARTS) is 2. The number of hydrogen-bond acceptors (Lipinski definition) is 3. The second kappa shape index (κ2) is 7.07. The van der Waals surface area contributed by atoms with Crippen molar-refractivity contribution in [3.8, 4) is 0 Å². The fraction of sp³-hybridized carbons (Fsp3) is 0.474. The number of aliphatic carboxylic acids is 2. The van der Waals surface area contributed by atoms with Crippen LogP contribution >= 0.6 is 0 Å². The van der Waals surface area contributed by atoms with Gasteiger partial charge in [-0.2, -0.15) is 0 Å². The summed E-state index contributed by atoms with van der Waals surface area (Å²) in [5.41, 5.74) is 0.904. The Morgan fingerprint density at radius 3 is 2.46 bits per heavy atom. The van der Waals surface area contributed by atoms with E-state index in [0.717, 1.165) is 6.42 Å². The number of rotatable bonds is 5. The summed E-state index contributed by atoms with van der Waals surface area (Å²) in [4.78, 5) is 25.2. The van der Waals surface area contributed by atoms with E-state index < -0.39 is 23.8 Å². The van der Waals surface area contributed by atoms with Gasteiger partial charge in [0.25, 0.3) is 0 Å². The van der Waals surface area contributed by atoms with Crippen LogP contribution in [0.3, 0.4) is 0 Å². The van der Waals surface area contributed by atoms with Gasteiger partial charge in [-0.25, -0.2) is 4.39 Å². The smallest absolute Gasteiger partial charge is 0.325 e. The van der Waals surface area contributed by atoms with E-state index in [4.69, 9.17) is 5.11 Å². The number of carboxylic acids is 2.